The van der Waals surface area contributed by atoms with Crippen LogP contribution in [0.1, 0.15) is 22.7 Å². The average molecular weight is 382 g/mol. The van der Waals surface area contributed by atoms with Crippen molar-refractivity contribution in [2.75, 3.05) is 4.90 Å². The van der Waals surface area contributed by atoms with Gasteiger partial charge in [-0.05, 0) is 48.0 Å². The monoisotopic (exact) mass is 382 g/mol. The lowest BCUT2D eigenvalue weighted by Crippen LogP contribution is -2.29. The predicted octanol–water partition coefficient (Wildman–Crippen LogP) is 2.97. The molecular weight excluding hydrogens is 368 g/mol. The first-order chi connectivity index (χ1) is 14.1. The first-order valence-electron chi connectivity index (χ1n) is 8.73. The molecule has 7 nitrogen and oxygen atoms in total. The smallest absolute Gasteiger partial charge is 0.300 e. The lowest BCUT2D eigenvalue weighted by molar-refractivity contribution is -0.132. The Morgan fingerprint density at radius 2 is 1.72 bits per heavy atom. The van der Waals surface area contributed by atoms with Gasteiger partial charge in [-0.2, -0.15) is 5.26 Å². The molecule has 2 aromatic heterocycles. The molecule has 7 heteroatoms. The molecule has 1 fully saturated rings. The maximum atomic E-state index is 12.9. The van der Waals surface area contributed by atoms with E-state index >= 15 is 0 Å². The number of hydrogen-bond donors (Lipinski definition) is 1. The number of Topliss-reactive ketones (excluding diaryl/α,β-unsaturated/α-hetero) is 1. The first kappa shape index (κ1) is 18.1. The highest BCUT2D eigenvalue weighted by atomic mass is 16.3. The van der Waals surface area contributed by atoms with Crippen molar-refractivity contribution in [3.05, 3.63) is 95.6 Å². The topological polar surface area (TPSA) is 107 Å². The zero-order chi connectivity index (χ0) is 20.4. The second-order valence-electron chi connectivity index (χ2n) is 6.35. The van der Waals surface area contributed by atoms with Gasteiger partial charge < -0.3 is 5.11 Å². The van der Waals surface area contributed by atoms with E-state index in [2.05, 4.69) is 9.97 Å². The molecule has 0 aliphatic carbocycles. The fourth-order valence-electron chi connectivity index (χ4n) is 3.31. The van der Waals surface area contributed by atoms with Crippen molar-refractivity contribution in [2.45, 2.75) is 6.04 Å². The summed E-state index contributed by atoms with van der Waals surface area (Å²) >= 11 is 0. The summed E-state index contributed by atoms with van der Waals surface area (Å²) in [5.74, 6) is -1.84. The van der Waals surface area contributed by atoms with E-state index in [1.165, 1.54) is 17.3 Å². The summed E-state index contributed by atoms with van der Waals surface area (Å²) in [5.41, 5.74) is 1.80. The largest absolute Gasteiger partial charge is 0.507 e. The van der Waals surface area contributed by atoms with Crippen molar-refractivity contribution in [3.8, 4) is 6.07 Å². The number of aliphatic hydroxyl groups is 1. The number of carbonyl (C=O) groups is 2. The van der Waals surface area contributed by atoms with Gasteiger partial charge in [0.25, 0.3) is 11.7 Å². The Morgan fingerprint density at radius 1 is 1.00 bits per heavy atom. The summed E-state index contributed by atoms with van der Waals surface area (Å²) < 4.78 is 0. The first-order valence-corrected chi connectivity index (χ1v) is 8.73. The Hall–Kier alpha value is -4.31. The van der Waals surface area contributed by atoms with E-state index in [0.717, 1.165) is 0 Å². The molecule has 1 aliphatic heterocycles. The Balaban J connectivity index is 1.93. The van der Waals surface area contributed by atoms with E-state index in [4.69, 9.17) is 5.26 Å². The van der Waals surface area contributed by atoms with Crippen LogP contribution in [0.15, 0.2) is 78.9 Å². The maximum absolute atomic E-state index is 12.9. The van der Waals surface area contributed by atoms with Gasteiger partial charge in [-0.15, -0.1) is 0 Å². The number of benzene rings is 1. The van der Waals surface area contributed by atoms with Crippen LogP contribution in [-0.4, -0.2) is 26.8 Å². The molecule has 1 N–H and O–H groups in total. The van der Waals surface area contributed by atoms with Crippen molar-refractivity contribution in [1.82, 2.24) is 9.97 Å². The van der Waals surface area contributed by atoms with Crippen LogP contribution in [0.4, 0.5) is 5.69 Å². The van der Waals surface area contributed by atoms with Gasteiger partial charge in [0.1, 0.15) is 5.76 Å². The molecule has 29 heavy (non-hydrogen) atoms. The molecule has 1 aromatic carbocycles. The Bertz CT molecular complexity index is 1150. The molecule has 1 saturated heterocycles. The Morgan fingerprint density at radius 3 is 2.34 bits per heavy atom. The SMILES string of the molecule is N#Cc1ccc(N2C(=O)C(=O)/C(=C(\O)c3ccncc3)C2c2cccnc2)cc1. The standard InChI is InChI=1S/C22H14N4O3/c23-12-14-3-5-17(6-4-14)26-19(16-2-1-9-25-13-16)18(21(28)22(26)29)20(27)15-7-10-24-11-8-15/h1-11,13,19,27H/b20-18-. The van der Waals surface area contributed by atoms with Gasteiger partial charge >= 0.3 is 0 Å². The molecule has 3 aromatic rings. The summed E-state index contributed by atoms with van der Waals surface area (Å²) in [4.78, 5) is 35.2. The molecule has 140 valence electrons. The fraction of sp³-hybridized carbons (Fsp3) is 0.0455. The summed E-state index contributed by atoms with van der Waals surface area (Å²) in [6.45, 7) is 0. The number of nitrogens with zero attached hydrogens (tertiary/aromatic N) is 4. The van der Waals surface area contributed by atoms with E-state index in [-0.39, 0.29) is 11.3 Å². The number of aliphatic hydroxyl groups excluding tert-OH is 1. The van der Waals surface area contributed by atoms with Crippen LogP contribution in [0.2, 0.25) is 0 Å². The molecule has 0 saturated carbocycles. The van der Waals surface area contributed by atoms with E-state index in [9.17, 15) is 14.7 Å². The second kappa shape index (κ2) is 7.37. The number of ketones is 1. The number of hydrogen-bond acceptors (Lipinski definition) is 6. The number of pyridine rings is 2. The van der Waals surface area contributed by atoms with Crippen molar-refractivity contribution >= 4 is 23.1 Å². The van der Waals surface area contributed by atoms with E-state index in [1.807, 2.05) is 6.07 Å². The molecule has 3 heterocycles. The van der Waals surface area contributed by atoms with Crippen molar-refractivity contribution in [2.24, 2.45) is 0 Å². The van der Waals surface area contributed by atoms with Crippen LogP contribution in [-0.2, 0) is 9.59 Å². The van der Waals surface area contributed by atoms with Crippen LogP contribution >= 0.6 is 0 Å². The molecule has 1 aliphatic rings. The summed E-state index contributed by atoms with van der Waals surface area (Å²) in [5, 5.41) is 19.9. The van der Waals surface area contributed by atoms with Gasteiger partial charge in [0.2, 0.25) is 0 Å². The van der Waals surface area contributed by atoms with Gasteiger partial charge in [0.15, 0.2) is 0 Å². The minimum Gasteiger partial charge on any atom is -0.507 e. The summed E-state index contributed by atoms with van der Waals surface area (Å²) in [7, 11) is 0. The van der Waals surface area contributed by atoms with E-state index in [0.29, 0.717) is 22.4 Å². The zero-order valence-corrected chi connectivity index (χ0v) is 15.1. The lowest BCUT2D eigenvalue weighted by Gasteiger charge is -2.25. The Labute approximate surface area is 166 Å². The maximum Gasteiger partial charge on any atom is 0.300 e. The fourth-order valence-corrected chi connectivity index (χ4v) is 3.31. The predicted molar refractivity (Wildman–Crippen MR) is 104 cm³/mol. The quantitative estimate of drug-likeness (QED) is 0.424. The number of rotatable bonds is 3. The van der Waals surface area contributed by atoms with Crippen LogP contribution in [0.3, 0.4) is 0 Å². The van der Waals surface area contributed by atoms with Gasteiger partial charge in [-0.25, -0.2) is 0 Å². The number of aromatic nitrogens is 2. The third-order valence-corrected chi connectivity index (χ3v) is 4.67. The summed E-state index contributed by atoms with van der Waals surface area (Å²) in [6.07, 6.45) is 6.11. The van der Waals surface area contributed by atoms with Gasteiger partial charge in [0.05, 0.1) is 23.2 Å². The molecule has 1 atom stereocenters. The third kappa shape index (κ3) is 3.13. The highest BCUT2D eigenvalue weighted by Gasteiger charge is 2.47. The number of nitriles is 1. The van der Waals surface area contributed by atoms with E-state index < -0.39 is 17.7 Å². The van der Waals surface area contributed by atoms with Crippen LogP contribution in [0, 0.1) is 11.3 Å². The molecule has 1 unspecified atom stereocenters. The van der Waals surface area contributed by atoms with Gasteiger partial charge in [0, 0.05) is 36.0 Å². The zero-order valence-electron chi connectivity index (χ0n) is 15.1. The van der Waals surface area contributed by atoms with Gasteiger partial charge in [-0.1, -0.05) is 6.07 Å². The molecule has 1 amide bonds. The lowest BCUT2D eigenvalue weighted by atomic mass is 9.96. The van der Waals surface area contributed by atoms with Crippen LogP contribution < -0.4 is 4.90 Å². The highest BCUT2D eigenvalue weighted by molar-refractivity contribution is 6.51. The summed E-state index contributed by atoms with van der Waals surface area (Å²) in [6, 6.07) is 14.0. The average Bonchev–Trinajstić information content (AvgIpc) is 3.05. The third-order valence-electron chi connectivity index (χ3n) is 4.67. The van der Waals surface area contributed by atoms with Crippen molar-refractivity contribution < 1.29 is 14.7 Å². The Kier molecular flexibility index (Phi) is 4.59. The molecule has 4 rings (SSSR count). The van der Waals surface area contributed by atoms with Crippen molar-refractivity contribution in [3.63, 3.8) is 0 Å². The minimum atomic E-state index is -0.857. The molecule has 0 spiro atoms. The molecular formula is C22H14N4O3. The van der Waals surface area contributed by atoms with Crippen LogP contribution in [0.5, 0.6) is 0 Å². The van der Waals surface area contributed by atoms with E-state index in [1.54, 1.807) is 60.9 Å². The normalized spacial score (nSPS) is 17.9. The van der Waals surface area contributed by atoms with Crippen molar-refractivity contribution in [1.29, 1.82) is 5.26 Å². The number of carbonyl (C=O) groups excluding carboxylic acids is 2. The van der Waals surface area contributed by atoms with Gasteiger partial charge in [-0.3, -0.25) is 24.5 Å². The minimum absolute atomic E-state index is 0.0291. The number of amides is 1. The number of anilines is 1. The highest BCUT2D eigenvalue weighted by Crippen LogP contribution is 2.41. The molecule has 0 radical (unpaired) electrons. The second-order valence-corrected chi connectivity index (χ2v) is 6.35. The molecule has 0 bridgehead atoms. The van der Waals surface area contributed by atoms with Crippen LogP contribution in [0.25, 0.3) is 5.76 Å².